The van der Waals surface area contributed by atoms with Crippen LogP contribution < -0.4 is 10.6 Å². The summed E-state index contributed by atoms with van der Waals surface area (Å²) >= 11 is 3.56. The monoisotopic (exact) mass is 336 g/mol. The second-order valence-electron chi connectivity index (χ2n) is 4.28. The summed E-state index contributed by atoms with van der Waals surface area (Å²) < 4.78 is 2.71. The number of aromatic nitrogens is 2. The SMILES string of the molecule is CCNCc1ccc(-n2ccc(C(=O)NC)n2)cc1Br. The maximum atomic E-state index is 11.5. The zero-order valence-electron chi connectivity index (χ0n) is 11.5. The molecule has 0 spiro atoms. The minimum atomic E-state index is -0.188. The van der Waals surface area contributed by atoms with Gasteiger partial charge < -0.3 is 10.6 Å². The van der Waals surface area contributed by atoms with Gasteiger partial charge >= 0.3 is 0 Å². The van der Waals surface area contributed by atoms with Crippen molar-refractivity contribution in [2.24, 2.45) is 0 Å². The van der Waals surface area contributed by atoms with Gasteiger partial charge in [0.15, 0.2) is 5.69 Å². The predicted octanol–water partition coefficient (Wildman–Crippen LogP) is 2.10. The van der Waals surface area contributed by atoms with Crippen molar-refractivity contribution < 1.29 is 4.79 Å². The van der Waals surface area contributed by atoms with E-state index in [4.69, 9.17) is 0 Å². The second-order valence-corrected chi connectivity index (χ2v) is 5.14. The van der Waals surface area contributed by atoms with Crippen LogP contribution in [-0.4, -0.2) is 29.3 Å². The molecule has 1 aromatic carbocycles. The Balaban J connectivity index is 2.23. The molecule has 0 aliphatic carbocycles. The number of rotatable bonds is 5. The van der Waals surface area contributed by atoms with E-state index >= 15 is 0 Å². The van der Waals surface area contributed by atoms with Gasteiger partial charge in [-0.2, -0.15) is 5.10 Å². The van der Waals surface area contributed by atoms with Crippen LogP contribution >= 0.6 is 15.9 Å². The van der Waals surface area contributed by atoms with Gasteiger partial charge in [-0.25, -0.2) is 4.68 Å². The first-order valence-electron chi connectivity index (χ1n) is 6.43. The van der Waals surface area contributed by atoms with Gasteiger partial charge in [-0.05, 0) is 30.3 Å². The Morgan fingerprint density at radius 3 is 2.85 bits per heavy atom. The molecule has 0 saturated heterocycles. The van der Waals surface area contributed by atoms with Crippen molar-refractivity contribution in [1.82, 2.24) is 20.4 Å². The Morgan fingerprint density at radius 2 is 2.20 bits per heavy atom. The number of carbonyl (C=O) groups is 1. The third-order valence-electron chi connectivity index (χ3n) is 2.92. The lowest BCUT2D eigenvalue weighted by Crippen LogP contribution is -2.18. The maximum Gasteiger partial charge on any atom is 0.271 e. The largest absolute Gasteiger partial charge is 0.354 e. The van der Waals surface area contributed by atoms with E-state index < -0.39 is 0 Å². The Kier molecular flexibility index (Phi) is 4.92. The molecule has 0 fully saturated rings. The van der Waals surface area contributed by atoms with Gasteiger partial charge in [-0.3, -0.25) is 4.79 Å². The highest BCUT2D eigenvalue weighted by Gasteiger charge is 2.09. The van der Waals surface area contributed by atoms with Crippen molar-refractivity contribution in [1.29, 1.82) is 0 Å². The van der Waals surface area contributed by atoms with Crippen LogP contribution in [0.2, 0.25) is 0 Å². The number of amides is 1. The van der Waals surface area contributed by atoms with Crippen LogP contribution in [0.3, 0.4) is 0 Å². The summed E-state index contributed by atoms with van der Waals surface area (Å²) in [6, 6.07) is 7.72. The molecule has 0 radical (unpaired) electrons. The average molecular weight is 337 g/mol. The Bertz CT molecular complexity index is 609. The molecule has 106 valence electrons. The van der Waals surface area contributed by atoms with Crippen molar-refractivity contribution >= 4 is 21.8 Å². The van der Waals surface area contributed by atoms with E-state index in [0.29, 0.717) is 5.69 Å². The fourth-order valence-corrected chi connectivity index (χ4v) is 2.31. The molecule has 2 rings (SSSR count). The molecule has 0 saturated carbocycles. The topological polar surface area (TPSA) is 59.0 Å². The van der Waals surface area contributed by atoms with Gasteiger partial charge in [0.05, 0.1) is 5.69 Å². The number of hydrogen-bond acceptors (Lipinski definition) is 3. The summed E-state index contributed by atoms with van der Waals surface area (Å²) in [5, 5.41) is 10.1. The highest BCUT2D eigenvalue weighted by molar-refractivity contribution is 9.10. The fourth-order valence-electron chi connectivity index (χ4n) is 1.80. The average Bonchev–Trinajstić information content (AvgIpc) is 2.95. The smallest absolute Gasteiger partial charge is 0.271 e. The van der Waals surface area contributed by atoms with Crippen molar-refractivity contribution in [2.45, 2.75) is 13.5 Å². The molecule has 0 unspecified atom stereocenters. The Labute approximate surface area is 126 Å². The van der Waals surface area contributed by atoms with Gasteiger partial charge in [0.25, 0.3) is 5.91 Å². The van der Waals surface area contributed by atoms with E-state index in [-0.39, 0.29) is 5.91 Å². The minimum absolute atomic E-state index is 0.188. The van der Waals surface area contributed by atoms with Crippen LogP contribution in [-0.2, 0) is 6.54 Å². The molecular weight excluding hydrogens is 320 g/mol. The standard InChI is InChI=1S/C14H17BrN4O/c1-3-17-9-10-4-5-11(8-12(10)15)19-7-6-13(18-19)14(20)16-2/h4-8,17H,3,9H2,1-2H3,(H,16,20). The van der Waals surface area contributed by atoms with Crippen LogP contribution in [0.5, 0.6) is 0 Å². The molecule has 2 N–H and O–H groups in total. The van der Waals surface area contributed by atoms with Crippen molar-refractivity contribution in [3.05, 3.63) is 46.2 Å². The first-order valence-corrected chi connectivity index (χ1v) is 7.22. The van der Waals surface area contributed by atoms with E-state index in [1.54, 1.807) is 24.0 Å². The number of benzene rings is 1. The van der Waals surface area contributed by atoms with Gasteiger partial charge in [-0.15, -0.1) is 0 Å². The first-order chi connectivity index (χ1) is 9.65. The normalized spacial score (nSPS) is 10.6. The van der Waals surface area contributed by atoms with Crippen molar-refractivity contribution in [3.63, 3.8) is 0 Å². The van der Waals surface area contributed by atoms with E-state index in [1.807, 2.05) is 18.2 Å². The molecule has 20 heavy (non-hydrogen) atoms. The highest BCUT2D eigenvalue weighted by atomic mass is 79.9. The van der Waals surface area contributed by atoms with E-state index in [2.05, 4.69) is 38.6 Å². The zero-order valence-corrected chi connectivity index (χ0v) is 13.1. The summed E-state index contributed by atoms with van der Waals surface area (Å²) in [6.07, 6.45) is 1.77. The maximum absolute atomic E-state index is 11.5. The number of nitrogens with zero attached hydrogens (tertiary/aromatic N) is 2. The summed E-state index contributed by atoms with van der Waals surface area (Å²) in [6.45, 7) is 3.83. The zero-order chi connectivity index (χ0) is 14.5. The molecule has 0 atom stereocenters. The lowest BCUT2D eigenvalue weighted by atomic mass is 10.2. The van der Waals surface area contributed by atoms with Crippen LogP contribution in [0.4, 0.5) is 0 Å². The van der Waals surface area contributed by atoms with Crippen LogP contribution in [0.25, 0.3) is 5.69 Å². The third kappa shape index (κ3) is 3.26. The number of halogens is 1. The molecule has 5 nitrogen and oxygen atoms in total. The Morgan fingerprint density at radius 1 is 1.40 bits per heavy atom. The molecule has 0 bridgehead atoms. The second kappa shape index (κ2) is 6.67. The molecule has 2 aromatic rings. The Hall–Kier alpha value is -1.66. The predicted molar refractivity (Wildman–Crippen MR) is 82.0 cm³/mol. The summed E-state index contributed by atoms with van der Waals surface area (Å²) in [4.78, 5) is 11.5. The molecule has 0 aliphatic heterocycles. The van der Waals surface area contributed by atoms with Gasteiger partial charge in [0.1, 0.15) is 0 Å². The van der Waals surface area contributed by atoms with Crippen molar-refractivity contribution in [2.75, 3.05) is 13.6 Å². The number of nitrogens with one attached hydrogen (secondary N) is 2. The number of hydrogen-bond donors (Lipinski definition) is 2. The van der Waals surface area contributed by atoms with E-state index in [9.17, 15) is 4.79 Å². The lowest BCUT2D eigenvalue weighted by Gasteiger charge is -2.08. The van der Waals surface area contributed by atoms with Gasteiger partial charge in [-0.1, -0.05) is 28.9 Å². The minimum Gasteiger partial charge on any atom is -0.354 e. The van der Waals surface area contributed by atoms with E-state index in [1.165, 1.54) is 5.56 Å². The summed E-state index contributed by atoms with van der Waals surface area (Å²) in [5.41, 5.74) is 2.50. The van der Waals surface area contributed by atoms with Crippen molar-refractivity contribution in [3.8, 4) is 5.69 Å². The fraction of sp³-hybridized carbons (Fsp3) is 0.286. The molecule has 1 amide bonds. The third-order valence-corrected chi connectivity index (χ3v) is 3.65. The summed E-state index contributed by atoms with van der Waals surface area (Å²) in [5.74, 6) is -0.188. The highest BCUT2D eigenvalue weighted by Crippen LogP contribution is 2.20. The lowest BCUT2D eigenvalue weighted by molar-refractivity contribution is 0.0957. The molecule has 0 aliphatic rings. The van der Waals surface area contributed by atoms with Gasteiger partial charge in [0.2, 0.25) is 0 Å². The quantitative estimate of drug-likeness (QED) is 0.879. The first kappa shape index (κ1) is 14.7. The summed E-state index contributed by atoms with van der Waals surface area (Å²) in [7, 11) is 1.59. The van der Waals surface area contributed by atoms with Gasteiger partial charge in [0, 0.05) is 24.3 Å². The van der Waals surface area contributed by atoms with Crippen LogP contribution in [0.15, 0.2) is 34.9 Å². The van der Waals surface area contributed by atoms with Crippen LogP contribution in [0.1, 0.15) is 23.0 Å². The van der Waals surface area contributed by atoms with E-state index in [0.717, 1.165) is 23.2 Å². The molecule has 1 aromatic heterocycles. The molecular formula is C14H17BrN4O. The molecule has 6 heteroatoms. The molecule has 1 heterocycles. The number of carbonyl (C=O) groups excluding carboxylic acids is 1. The van der Waals surface area contributed by atoms with Crippen LogP contribution in [0, 0.1) is 0 Å².